The maximum atomic E-state index is 13.8. The van der Waals surface area contributed by atoms with Gasteiger partial charge in [0.25, 0.3) is 0 Å². The van der Waals surface area contributed by atoms with Crippen molar-refractivity contribution in [3.63, 3.8) is 0 Å². The van der Waals surface area contributed by atoms with Crippen LogP contribution in [-0.4, -0.2) is 11.8 Å². The summed E-state index contributed by atoms with van der Waals surface area (Å²) in [5.74, 6) is -3.85. The minimum atomic E-state index is -1.09. The van der Waals surface area contributed by atoms with Crippen LogP contribution in [0.4, 0.5) is 8.78 Å². The molecule has 0 bridgehead atoms. The first-order chi connectivity index (χ1) is 10.0. The highest BCUT2D eigenvalue weighted by Gasteiger charge is 2.21. The summed E-state index contributed by atoms with van der Waals surface area (Å²) >= 11 is 0. The summed E-state index contributed by atoms with van der Waals surface area (Å²) in [6.45, 7) is 1.55. The molecule has 3 nitrogen and oxygen atoms in total. The molecule has 2 aromatic rings. The number of benzene rings is 2. The van der Waals surface area contributed by atoms with Crippen LogP contribution < -0.4 is 4.74 Å². The predicted octanol–water partition coefficient (Wildman–Crippen LogP) is 3.78. The number of hydrogen-bond acceptors (Lipinski definition) is 3. The minimum Gasteiger partial charge on any atom is -0.419 e. The first-order valence-electron chi connectivity index (χ1n) is 6.32. The van der Waals surface area contributed by atoms with Crippen LogP contribution in [-0.2, 0) is 0 Å². The molecule has 5 heteroatoms. The molecule has 0 aromatic heterocycles. The topological polar surface area (TPSA) is 43.4 Å². The number of halogens is 2. The lowest BCUT2D eigenvalue weighted by Crippen LogP contribution is -2.13. The first-order valence-corrected chi connectivity index (χ1v) is 6.32. The Morgan fingerprint density at radius 2 is 1.76 bits per heavy atom. The van der Waals surface area contributed by atoms with Crippen LogP contribution in [0.5, 0.6) is 5.75 Å². The summed E-state index contributed by atoms with van der Waals surface area (Å²) < 4.78 is 32.0. The fraction of sp³-hybridized carbons (Fsp3) is 0.125. The second-order valence-corrected chi connectivity index (χ2v) is 4.30. The van der Waals surface area contributed by atoms with E-state index in [-0.39, 0.29) is 17.5 Å². The molecule has 0 saturated heterocycles. The molecule has 21 heavy (non-hydrogen) atoms. The van der Waals surface area contributed by atoms with E-state index in [4.69, 9.17) is 4.74 Å². The van der Waals surface area contributed by atoms with Gasteiger partial charge in [-0.25, -0.2) is 13.6 Å². The Morgan fingerprint density at radius 1 is 1.10 bits per heavy atom. The van der Waals surface area contributed by atoms with E-state index < -0.39 is 29.1 Å². The largest absolute Gasteiger partial charge is 0.419 e. The van der Waals surface area contributed by atoms with E-state index in [9.17, 15) is 18.4 Å². The third kappa shape index (κ3) is 3.31. The lowest BCUT2D eigenvalue weighted by Gasteiger charge is -2.10. The molecule has 0 atom stereocenters. The average molecular weight is 290 g/mol. The monoisotopic (exact) mass is 290 g/mol. The van der Waals surface area contributed by atoms with E-state index in [1.165, 1.54) is 12.1 Å². The zero-order valence-electron chi connectivity index (χ0n) is 11.2. The predicted molar refractivity (Wildman–Crippen MR) is 72.4 cm³/mol. The molecule has 0 aliphatic heterocycles. The van der Waals surface area contributed by atoms with Crippen molar-refractivity contribution in [1.82, 2.24) is 0 Å². The van der Waals surface area contributed by atoms with Crippen molar-refractivity contribution in [3.8, 4) is 5.75 Å². The molecule has 0 spiro atoms. The number of ketones is 1. The first kappa shape index (κ1) is 14.8. The quantitative estimate of drug-likeness (QED) is 0.489. The number of ether oxygens (including phenoxy) is 1. The van der Waals surface area contributed by atoms with Gasteiger partial charge in [0, 0.05) is 12.5 Å². The third-order valence-electron chi connectivity index (χ3n) is 2.83. The van der Waals surface area contributed by atoms with Gasteiger partial charge in [0.2, 0.25) is 0 Å². The van der Waals surface area contributed by atoms with Crippen molar-refractivity contribution in [2.24, 2.45) is 0 Å². The normalized spacial score (nSPS) is 10.2. The maximum Gasteiger partial charge on any atom is 0.343 e. The van der Waals surface area contributed by atoms with Crippen molar-refractivity contribution in [2.45, 2.75) is 13.3 Å². The number of esters is 1. The Hall–Kier alpha value is -2.56. The molecular formula is C16H12F2O3. The highest BCUT2D eigenvalue weighted by Crippen LogP contribution is 2.26. The lowest BCUT2D eigenvalue weighted by atomic mass is 10.1. The van der Waals surface area contributed by atoms with Gasteiger partial charge in [0.05, 0.1) is 11.1 Å². The minimum absolute atomic E-state index is 0.0405. The van der Waals surface area contributed by atoms with Gasteiger partial charge < -0.3 is 4.74 Å². The standard InChI is InChI=1S/C16H12F2O3/c1-2-14(19)12-8-11(17)9-13(18)15(12)21-16(20)10-6-4-3-5-7-10/h3-9H,2H2,1H3. The zero-order valence-corrected chi connectivity index (χ0v) is 11.2. The maximum absolute atomic E-state index is 13.8. The molecule has 0 amide bonds. The van der Waals surface area contributed by atoms with Crippen LogP contribution in [0.2, 0.25) is 0 Å². The van der Waals surface area contributed by atoms with Gasteiger partial charge in [-0.15, -0.1) is 0 Å². The van der Waals surface area contributed by atoms with E-state index in [0.29, 0.717) is 6.07 Å². The molecule has 108 valence electrons. The molecule has 2 rings (SSSR count). The number of carbonyl (C=O) groups is 2. The Labute approximate surface area is 120 Å². The van der Waals surface area contributed by atoms with Crippen molar-refractivity contribution < 1.29 is 23.1 Å². The SMILES string of the molecule is CCC(=O)c1cc(F)cc(F)c1OC(=O)c1ccccc1. The fourth-order valence-electron chi connectivity index (χ4n) is 1.79. The van der Waals surface area contributed by atoms with E-state index in [1.54, 1.807) is 25.1 Å². The van der Waals surface area contributed by atoms with Gasteiger partial charge in [-0.1, -0.05) is 25.1 Å². The Morgan fingerprint density at radius 3 is 2.38 bits per heavy atom. The second kappa shape index (κ2) is 6.26. The Balaban J connectivity index is 2.40. The molecule has 0 aliphatic carbocycles. The molecule has 0 heterocycles. The molecule has 0 saturated carbocycles. The zero-order chi connectivity index (χ0) is 15.4. The van der Waals surface area contributed by atoms with Gasteiger partial charge in [-0.05, 0) is 18.2 Å². The van der Waals surface area contributed by atoms with E-state index in [0.717, 1.165) is 6.07 Å². The molecule has 0 unspecified atom stereocenters. The third-order valence-corrected chi connectivity index (χ3v) is 2.83. The summed E-state index contributed by atoms with van der Waals surface area (Å²) in [4.78, 5) is 23.7. The van der Waals surface area contributed by atoms with Crippen LogP contribution >= 0.6 is 0 Å². The molecular weight excluding hydrogens is 278 g/mol. The molecule has 0 N–H and O–H groups in total. The summed E-state index contributed by atoms with van der Waals surface area (Å²) in [5, 5.41) is 0. The number of hydrogen-bond donors (Lipinski definition) is 0. The second-order valence-electron chi connectivity index (χ2n) is 4.30. The average Bonchev–Trinajstić information content (AvgIpc) is 2.49. The molecule has 2 aromatic carbocycles. The van der Waals surface area contributed by atoms with Gasteiger partial charge >= 0.3 is 5.97 Å². The van der Waals surface area contributed by atoms with Crippen LogP contribution in [0.3, 0.4) is 0 Å². The van der Waals surface area contributed by atoms with Crippen LogP contribution in [0.15, 0.2) is 42.5 Å². The summed E-state index contributed by atoms with van der Waals surface area (Å²) in [6.07, 6.45) is 0.0405. The highest BCUT2D eigenvalue weighted by atomic mass is 19.1. The van der Waals surface area contributed by atoms with Gasteiger partial charge in [0.1, 0.15) is 5.82 Å². The summed E-state index contributed by atoms with van der Waals surface area (Å²) in [7, 11) is 0. The Bertz CT molecular complexity index is 681. The van der Waals surface area contributed by atoms with Gasteiger partial charge in [0.15, 0.2) is 17.3 Å². The summed E-state index contributed by atoms with van der Waals surface area (Å²) in [6, 6.07) is 9.37. The van der Waals surface area contributed by atoms with Crippen LogP contribution in [0, 0.1) is 11.6 Å². The van der Waals surface area contributed by atoms with E-state index in [2.05, 4.69) is 0 Å². The fourth-order valence-corrected chi connectivity index (χ4v) is 1.79. The smallest absolute Gasteiger partial charge is 0.343 e. The van der Waals surface area contributed by atoms with Crippen LogP contribution in [0.1, 0.15) is 34.1 Å². The number of Topliss-reactive ketones (excluding diaryl/α,β-unsaturated/α-hetero) is 1. The van der Waals surface area contributed by atoms with Gasteiger partial charge in [-0.3, -0.25) is 4.79 Å². The van der Waals surface area contributed by atoms with E-state index in [1.807, 2.05) is 0 Å². The van der Waals surface area contributed by atoms with Crippen LogP contribution in [0.25, 0.3) is 0 Å². The van der Waals surface area contributed by atoms with E-state index >= 15 is 0 Å². The Kier molecular flexibility index (Phi) is 4.42. The summed E-state index contributed by atoms with van der Waals surface area (Å²) in [5.41, 5.74) is -0.0737. The van der Waals surface area contributed by atoms with Crippen molar-refractivity contribution >= 4 is 11.8 Å². The van der Waals surface area contributed by atoms with Gasteiger partial charge in [-0.2, -0.15) is 0 Å². The van der Waals surface area contributed by atoms with Crippen molar-refractivity contribution in [3.05, 3.63) is 65.2 Å². The number of carbonyl (C=O) groups excluding carboxylic acids is 2. The van der Waals surface area contributed by atoms with Crippen molar-refractivity contribution in [2.75, 3.05) is 0 Å². The molecule has 0 aliphatic rings. The molecule has 0 radical (unpaired) electrons. The molecule has 0 fully saturated rings. The number of rotatable bonds is 4. The highest BCUT2D eigenvalue weighted by molar-refractivity contribution is 6.00. The van der Waals surface area contributed by atoms with Crippen molar-refractivity contribution in [1.29, 1.82) is 0 Å². The lowest BCUT2D eigenvalue weighted by molar-refractivity contribution is 0.0725.